The number of carbonyl (C=O) groups is 3. The number of benzene rings is 1. The van der Waals surface area contributed by atoms with Gasteiger partial charge in [-0.05, 0) is 29.8 Å². The zero-order chi connectivity index (χ0) is 21.1. The van der Waals surface area contributed by atoms with Crippen molar-refractivity contribution in [2.45, 2.75) is 12.5 Å². The van der Waals surface area contributed by atoms with Crippen molar-refractivity contribution in [2.24, 2.45) is 5.92 Å². The Morgan fingerprint density at radius 3 is 2.53 bits per heavy atom. The van der Waals surface area contributed by atoms with Crippen molar-refractivity contribution >= 4 is 17.5 Å². The van der Waals surface area contributed by atoms with Gasteiger partial charge in [0.1, 0.15) is 24.8 Å². The number of amides is 1. The molecule has 0 spiro atoms. The smallest absolute Gasteiger partial charge is 0.291 e. The van der Waals surface area contributed by atoms with Gasteiger partial charge in [0.15, 0.2) is 5.76 Å². The molecule has 158 valence electrons. The van der Waals surface area contributed by atoms with Gasteiger partial charge in [-0.15, -0.1) is 0 Å². The van der Waals surface area contributed by atoms with Crippen molar-refractivity contribution in [2.75, 3.05) is 39.4 Å². The van der Waals surface area contributed by atoms with E-state index in [0.29, 0.717) is 31.7 Å². The topological polar surface area (TPSA) is 81.3 Å². The number of hydrogen-bond donors (Lipinski definition) is 1. The SMILES string of the molecule is O=C1C(=O)N(CCC[NH+]2CCOCC2)C(c2ccc(F)cc2)C1C(=O)c1ccco1. The number of likely N-dealkylation sites (tertiary alicyclic amines) is 1. The van der Waals surface area contributed by atoms with Crippen molar-refractivity contribution < 1.29 is 32.8 Å². The fraction of sp³-hybridized carbons (Fsp3) is 0.409. The minimum atomic E-state index is -1.20. The van der Waals surface area contributed by atoms with Crippen molar-refractivity contribution in [3.05, 3.63) is 59.8 Å². The fourth-order valence-corrected chi connectivity index (χ4v) is 4.24. The Labute approximate surface area is 173 Å². The Balaban J connectivity index is 1.58. The number of rotatable bonds is 7. The Morgan fingerprint density at radius 2 is 1.87 bits per heavy atom. The quantitative estimate of drug-likeness (QED) is 0.409. The lowest BCUT2D eigenvalue weighted by molar-refractivity contribution is -0.908. The number of carbonyl (C=O) groups excluding carboxylic acids is 3. The molecule has 2 aliphatic heterocycles. The first kappa shape index (κ1) is 20.4. The standard InChI is InChI=1S/C22H23FN2O5/c23-16-6-4-15(5-7-16)19-18(20(26)17-3-1-12-30-17)21(27)22(28)25(19)9-2-8-24-10-13-29-14-11-24/h1,3-7,12,18-19H,2,8-11,13-14H2/p+1. The van der Waals surface area contributed by atoms with E-state index >= 15 is 0 Å². The molecule has 0 saturated carbocycles. The average Bonchev–Trinajstić information content (AvgIpc) is 3.38. The number of halogens is 1. The molecule has 2 aliphatic rings. The van der Waals surface area contributed by atoms with E-state index in [2.05, 4.69) is 0 Å². The van der Waals surface area contributed by atoms with Gasteiger partial charge >= 0.3 is 0 Å². The highest BCUT2D eigenvalue weighted by Gasteiger charge is 2.52. The molecule has 1 amide bonds. The molecule has 1 aromatic heterocycles. The minimum absolute atomic E-state index is 0.0351. The Morgan fingerprint density at radius 1 is 1.13 bits per heavy atom. The van der Waals surface area contributed by atoms with Crippen LogP contribution in [-0.4, -0.2) is 61.8 Å². The van der Waals surface area contributed by atoms with Gasteiger partial charge in [0.2, 0.25) is 11.6 Å². The van der Waals surface area contributed by atoms with Gasteiger partial charge in [-0.3, -0.25) is 14.4 Å². The number of nitrogens with one attached hydrogen (secondary N) is 1. The number of morpholine rings is 1. The molecule has 2 aromatic rings. The summed E-state index contributed by atoms with van der Waals surface area (Å²) >= 11 is 0. The maximum atomic E-state index is 13.5. The summed E-state index contributed by atoms with van der Waals surface area (Å²) in [6, 6.07) is 7.85. The molecule has 8 heteroatoms. The van der Waals surface area contributed by atoms with Crippen molar-refractivity contribution in [3.63, 3.8) is 0 Å². The summed E-state index contributed by atoms with van der Waals surface area (Å²) in [5.74, 6) is -3.55. The molecule has 1 N–H and O–H groups in total. The molecule has 1 aromatic carbocycles. The van der Waals surface area contributed by atoms with Gasteiger partial charge in [-0.25, -0.2) is 4.39 Å². The van der Waals surface area contributed by atoms with E-state index in [9.17, 15) is 18.8 Å². The number of Topliss-reactive ketones (excluding diaryl/α,β-unsaturated/α-hetero) is 2. The molecule has 0 aliphatic carbocycles. The fourth-order valence-electron chi connectivity index (χ4n) is 4.24. The summed E-state index contributed by atoms with van der Waals surface area (Å²) in [7, 11) is 0. The second-order valence-electron chi connectivity index (χ2n) is 7.64. The Bertz CT molecular complexity index is 906. The van der Waals surface area contributed by atoms with E-state index in [1.54, 1.807) is 6.07 Å². The number of ether oxygens (including phenoxy) is 1. The van der Waals surface area contributed by atoms with Gasteiger partial charge in [0, 0.05) is 13.0 Å². The van der Waals surface area contributed by atoms with E-state index in [0.717, 1.165) is 19.6 Å². The van der Waals surface area contributed by atoms with Gasteiger partial charge < -0.3 is 19.0 Å². The molecule has 3 heterocycles. The monoisotopic (exact) mass is 415 g/mol. The lowest BCUT2D eigenvalue weighted by Crippen LogP contribution is -3.14. The van der Waals surface area contributed by atoms with Crippen molar-refractivity contribution in [1.29, 1.82) is 0 Å². The van der Waals surface area contributed by atoms with Crippen LogP contribution in [0.2, 0.25) is 0 Å². The van der Waals surface area contributed by atoms with E-state index in [1.165, 1.54) is 46.4 Å². The molecule has 0 radical (unpaired) electrons. The van der Waals surface area contributed by atoms with Gasteiger partial charge in [0.05, 0.1) is 32.1 Å². The predicted molar refractivity (Wildman–Crippen MR) is 103 cm³/mol. The first-order chi connectivity index (χ1) is 14.6. The third-order valence-electron chi connectivity index (χ3n) is 5.79. The van der Waals surface area contributed by atoms with E-state index in [-0.39, 0.29) is 5.76 Å². The molecular formula is C22H24FN2O5+. The van der Waals surface area contributed by atoms with Crippen LogP contribution in [0.3, 0.4) is 0 Å². The number of hydrogen-bond acceptors (Lipinski definition) is 5. The predicted octanol–water partition coefficient (Wildman–Crippen LogP) is 0.675. The van der Waals surface area contributed by atoms with Crippen LogP contribution in [0.25, 0.3) is 0 Å². The molecule has 30 heavy (non-hydrogen) atoms. The molecule has 2 atom stereocenters. The van der Waals surface area contributed by atoms with Crippen molar-refractivity contribution in [3.8, 4) is 0 Å². The van der Waals surface area contributed by atoms with Crippen LogP contribution in [-0.2, 0) is 14.3 Å². The summed E-state index contributed by atoms with van der Waals surface area (Å²) in [6.45, 7) is 4.44. The highest BCUT2D eigenvalue weighted by atomic mass is 19.1. The summed E-state index contributed by atoms with van der Waals surface area (Å²) < 4.78 is 24.0. The van der Waals surface area contributed by atoms with Crippen LogP contribution in [0.4, 0.5) is 4.39 Å². The zero-order valence-electron chi connectivity index (χ0n) is 16.5. The first-order valence-electron chi connectivity index (χ1n) is 10.2. The van der Waals surface area contributed by atoms with Gasteiger partial charge in [-0.2, -0.15) is 0 Å². The van der Waals surface area contributed by atoms with E-state index < -0.39 is 35.3 Å². The van der Waals surface area contributed by atoms with Crippen LogP contribution in [0.1, 0.15) is 28.6 Å². The van der Waals surface area contributed by atoms with Crippen molar-refractivity contribution in [1.82, 2.24) is 4.90 Å². The lowest BCUT2D eigenvalue weighted by atomic mass is 9.88. The number of furan rings is 1. The summed E-state index contributed by atoms with van der Waals surface area (Å²) in [6.07, 6.45) is 2.04. The number of ketones is 2. The molecule has 4 rings (SSSR count). The second kappa shape index (κ2) is 8.89. The second-order valence-corrected chi connectivity index (χ2v) is 7.64. The molecule has 2 fully saturated rings. The molecule has 7 nitrogen and oxygen atoms in total. The Hall–Kier alpha value is -2.84. The maximum absolute atomic E-state index is 13.5. The van der Waals surface area contributed by atoms with Gasteiger partial charge in [-0.1, -0.05) is 12.1 Å². The highest BCUT2D eigenvalue weighted by Crippen LogP contribution is 2.38. The number of quaternary nitrogens is 1. The van der Waals surface area contributed by atoms with Crippen LogP contribution in [0, 0.1) is 11.7 Å². The largest absolute Gasteiger partial charge is 0.461 e. The molecular weight excluding hydrogens is 391 g/mol. The molecule has 0 bridgehead atoms. The van der Waals surface area contributed by atoms with E-state index in [4.69, 9.17) is 9.15 Å². The van der Waals surface area contributed by atoms with Crippen LogP contribution in [0.15, 0.2) is 47.1 Å². The molecule has 2 saturated heterocycles. The van der Waals surface area contributed by atoms with Gasteiger partial charge in [0.25, 0.3) is 5.91 Å². The zero-order valence-corrected chi connectivity index (χ0v) is 16.5. The third kappa shape index (κ3) is 4.06. The first-order valence-corrected chi connectivity index (χ1v) is 10.2. The van der Waals surface area contributed by atoms with E-state index in [1.807, 2.05) is 0 Å². The lowest BCUT2D eigenvalue weighted by Gasteiger charge is -2.28. The normalized spacial score (nSPS) is 22.6. The summed E-state index contributed by atoms with van der Waals surface area (Å²) in [4.78, 5) is 41.5. The minimum Gasteiger partial charge on any atom is -0.461 e. The van der Waals surface area contributed by atoms with Crippen LogP contribution < -0.4 is 4.90 Å². The Kier molecular flexibility index (Phi) is 6.06. The summed E-state index contributed by atoms with van der Waals surface area (Å²) in [5.41, 5.74) is 0.555. The maximum Gasteiger partial charge on any atom is 0.291 e. The average molecular weight is 415 g/mol. The van der Waals surface area contributed by atoms with Crippen LogP contribution >= 0.6 is 0 Å². The number of nitrogens with zero attached hydrogens (tertiary/aromatic N) is 1. The summed E-state index contributed by atoms with van der Waals surface area (Å²) in [5, 5.41) is 0. The van der Waals surface area contributed by atoms with Crippen LogP contribution in [0.5, 0.6) is 0 Å². The third-order valence-corrected chi connectivity index (χ3v) is 5.79. The highest BCUT2D eigenvalue weighted by molar-refractivity contribution is 6.43. The molecule has 2 unspecified atom stereocenters.